The summed E-state index contributed by atoms with van der Waals surface area (Å²) in [6.07, 6.45) is 2.06. The van der Waals surface area contributed by atoms with E-state index < -0.39 is 0 Å². The first-order valence-corrected chi connectivity index (χ1v) is 8.00. The second-order valence-electron chi connectivity index (χ2n) is 4.87. The molecule has 0 amide bonds. The highest BCUT2D eigenvalue weighted by Crippen LogP contribution is 2.32. The van der Waals surface area contributed by atoms with Crippen molar-refractivity contribution in [2.45, 2.75) is 25.8 Å². The van der Waals surface area contributed by atoms with Gasteiger partial charge in [0.1, 0.15) is 11.5 Å². The van der Waals surface area contributed by atoms with Crippen molar-refractivity contribution in [2.75, 3.05) is 21.3 Å². The Balaban J connectivity index is 2.24. The number of rotatable bonds is 7. The Morgan fingerprint density at radius 1 is 1.10 bits per heavy atom. The minimum absolute atomic E-state index is 0.231. The van der Waals surface area contributed by atoms with Gasteiger partial charge < -0.3 is 14.8 Å². The maximum atomic E-state index is 5.52. The first-order chi connectivity index (χ1) is 10.2. The SMILES string of the molecule is CCc1ccc(CC(NC)c2ccc(OC)cc2OC)s1. The number of ether oxygens (including phenoxy) is 2. The number of thiophene rings is 1. The van der Waals surface area contributed by atoms with Crippen LogP contribution in [0.1, 0.15) is 28.3 Å². The topological polar surface area (TPSA) is 30.5 Å². The summed E-state index contributed by atoms with van der Waals surface area (Å²) in [6, 6.07) is 10.7. The van der Waals surface area contributed by atoms with Gasteiger partial charge in [0.25, 0.3) is 0 Å². The standard InChI is InChI=1S/C17H23NO2S/c1-5-13-7-8-14(21-13)11-16(18-2)15-9-6-12(19-3)10-17(15)20-4/h6-10,16,18H,5,11H2,1-4H3. The van der Waals surface area contributed by atoms with Crippen molar-refractivity contribution in [1.82, 2.24) is 5.32 Å². The van der Waals surface area contributed by atoms with Gasteiger partial charge in [0, 0.05) is 33.8 Å². The lowest BCUT2D eigenvalue weighted by atomic mass is 10.0. The van der Waals surface area contributed by atoms with Crippen molar-refractivity contribution in [3.05, 3.63) is 45.6 Å². The van der Waals surface area contributed by atoms with Crippen molar-refractivity contribution in [3.8, 4) is 11.5 Å². The smallest absolute Gasteiger partial charge is 0.127 e. The van der Waals surface area contributed by atoms with Crippen LogP contribution < -0.4 is 14.8 Å². The molecule has 1 unspecified atom stereocenters. The molecule has 0 fully saturated rings. The summed E-state index contributed by atoms with van der Waals surface area (Å²) in [5.74, 6) is 1.68. The van der Waals surface area contributed by atoms with E-state index in [0.29, 0.717) is 0 Å². The van der Waals surface area contributed by atoms with Gasteiger partial charge in [-0.25, -0.2) is 0 Å². The second-order valence-corrected chi connectivity index (χ2v) is 6.13. The number of benzene rings is 1. The summed E-state index contributed by atoms with van der Waals surface area (Å²) < 4.78 is 10.8. The molecule has 4 heteroatoms. The Labute approximate surface area is 130 Å². The van der Waals surface area contributed by atoms with Crippen LogP contribution in [0.3, 0.4) is 0 Å². The van der Waals surface area contributed by atoms with E-state index in [2.05, 4.69) is 30.4 Å². The molecule has 2 aromatic rings. The van der Waals surface area contributed by atoms with Crippen LogP contribution in [0, 0.1) is 0 Å². The van der Waals surface area contributed by atoms with Gasteiger partial charge in [-0.1, -0.05) is 13.0 Å². The normalized spacial score (nSPS) is 12.2. The Bertz CT molecular complexity index is 580. The molecule has 0 radical (unpaired) electrons. The first-order valence-electron chi connectivity index (χ1n) is 7.18. The minimum atomic E-state index is 0.231. The molecule has 0 spiro atoms. The number of hydrogen-bond acceptors (Lipinski definition) is 4. The summed E-state index contributed by atoms with van der Waals surface area (Å²) in [6.45, 7) is 2.19. The molecule has 114 valence electrons. The molecule has 1 atom stereocenters. The van der Waals surface area contributed by atoms with E-state index in [-0.39, 0.29) is 6.04 Å². The fraction of sp³-hybridized carbons (Fsp3) is 0.412. The number of aryl methyl sites for hydroxylation is 1. The van der Waals surface area contributed by atoms with Crippen LogP contribution in [-0.4, -0.2) is 21.3 Å². The zero-order chi connectivity index (χ0) is 15.2. The number of methoxy groups -OCH3 is 2. The predicted octanol–water partition coefficient (Wildman–Crippen LogP) is 3.83. The Kier molecular flexibility index (Phi) is 5.65. The molecule has 0 aliphatic rings. The molecule has 0 aliphatic heterocycles. The zero-order valence-electron chi connectivity index (χ0n) is 13.1. The molecule has 0 aliphatic carbocycles. The van der Waals surface area contributed by atoms with E-state index in [1.807, 2.05) is 30.5 Å². The average molecular weight is 305 g/mol. The molecule has 2 rings (SSSR count). The lowest BCUT2D eigenvalue weighted by molar-refractivity contribution is 0.385. The van der Waals surface area contributed by atoms with Crippen LogP contribution in [0.4, 0.5) is 0 Å². The third-order valence-electron chi connectivity index (χ3n) is 3.64. The third-order valence-corrected chi connectivity index (χ3v) is 4.89. The van der Waals surface area contributed by atoms with Crippen LogP contribution in [0.5, 0.6) is 11.5 Å². The molecule has 21 heavy (non-hydrogen) atoms. The monoisotopic (exact) mass is 305 g/mol. The van der Waals surface area contributed by atoms with E-state index in [4.69, 9.17) is 9.47 Å². The Morgan fingerprint density at radius 2 is 1.86 bits per heavy atom. The minimum Gasteiger partial charge on any atom is -0.497 e. The summed E-state index contributed by atoms with van der Waals surface area (Å²) in [7, 11) is 5.36. The molecule has 1 aromatic heterocycles. The van der Waals surface area contributed by atoms with Crippen molar-refractivity contribution in [2.24, 2.45) is 0 Å². The van der Waals surface area contributed by atoms with Crippen molar-refractivity contribution in [3.63, 3.8) is 0 Å². The number of hydrogen-bond donors (Lipinski definition) is 1. The highest BCUT2D eigenvalue weighted by molar-refractivity contribution is 7.11. The second kappa shape index (κ2) is 7.48. The zero-order valence-corrected chi connectivity index (χ0v) is 13.9. The summed E-state index contributed by atoms with van der Waals surface area (Å²) >= 11 is 1.89. The molecule has 1 aromatic carbocycles. The van der Waals surface area contributed by atoms with Crippen molar-refractivity contribution in [1.29, 1.82) is 0 Å². The van der Waals surface area contributed by atoms with Gasteiger partial charge in [-0.15, -0.1) is 11.3 Å². The van der Waals surface area contributed by atoms with E-state index in [0.717, 1.165) is 29.9 Å². The van der Waals surface area contributed by atoms with Crippen molar-refractivity contribution >= 4 is 11.3 Å². The molecular formula is C17H23NO2S. The van der Waals surface area contributed by atoms with Gasteiger partial charge in [-0.05, 0) is 31.7 Å². The average Bonchev–Trinajstić information content (AvgIpc) is 2.99. The van der Waals surface area contributed by atoms with E-state index in [1.54, 1.807) is 14.2 Å². The molecule has 0 bridgehead atoms. The summed E-state index contributed by atoms with van der Waals surface area (Å²) in [5, 5.41) is 3.39. The maximum Gasteiger partial charge on any atom is 0.127 e. The van der Waals surface area contributed by atoms with Crippen LogP contribution >= 0.6 is 11.3 Å². The molecular weight excluding hydrogens is 282 g/mol. The van der Waals surface area contributed by atoms with Crippen LogP contribution in [-0.2, 0) is 12.8 Å². The first kappa shape index (κ1) is 15.9. The Morgan fingerprint density at radius 3 is 2.43 bits per heavy atom. The van der Waals surface area contributed by atoms with Gasteiger partial charge in [0.05, 0.1) is 14.2 Å². The third kappa shape index (κ3) is 3.77. The molecule has 3 nitrogen and oxygen atoms in total. The van der Waals surface area contributed by atoms with Gasteiger partial charge >= 0.3 is 0 Å². The van der Waals surface area contributed by atoms with Gasteiger partial charge in [-0.3, -0.25) is 0 Å². The summed E-state index contributed by atoms with van der Waals surface area (Å²) in [5.41, 5.74) is 1.16. The highest BCUT2D eigenvalue weighted by Gasteiger charge is 2.16. The number of nitrogens with one attached hydrogen (secondary N) is 1. The summed E-state index contributed by atoms with van der Waals surface area (Å²) in [4.78, 5) is 2.82. The van der Waals surface area contributed by atoms with E-state index in [1.165, 1.54) is 9.75 Å². The highest BCUT2D eigenvalue weighted by atomic mass is 32.1. The lowest BCUT2D eigenvalue weighted by Crippen LogP contribution is -2.19. The van der Waals surface area contributed by atoms with Crippen LogP contribution in [0.15, 0.2) is 30.3 Å². The molecule has 0 saturated carbocycles. The molecule has 0 saturated heterocycles. The van der Waals surface area contributed by atoms with Crippen LogP contribution in [0.2, 0.25) is 0 Å². The molecule has 1 N–H and O–H groups in total. The fourth-order valence-corrected chi connectivity index (χ4v) is 3.40. The predicted molar refractivity (Wildman–Crippen MR) is 88.7 cm³/mol. The van der Waals surface area contributed by atoms with E-state index >= 15 is 0 Å². The quantitative estimate of drug-likeness (QED) is 0.843. The van der Waals surface area contributed by atoms with Crippen molar-refractivity contribution < 1.29 is 9.47 Å². The van der Waals surface area contributed by atoms with E-state index in [9.17, 15) is 0 Å². The van der Waals surface area contributed by atoms with Crippen LogP contribution in [0.25, 0.3) is 0 Å². The Hall–Kier alpha value is -1.52. The fourth-order valence-electron chi connectivity index (χ4n) is 2.40. The maximum absolute atomic E-state index is 5.52. The largest absolute Gasteiger partial charge is 0.497 e. The van der Waals surface area contributed by atoms with Gasteiger partial charge in [0.2, 0.25) is 0 Å². The van der Waals surface area contributed by atoms with Gasteiger partial charge in [-0.2, -0.15) is 0 Å². The van der Waals surface area contributed by atoms with Gasteiger partial charge in [0.15, 0.2) is 0 Å². The number of likely N-dealkylation sites (N-methyl/N-ethyl adjacent to an activating group) is 1. The molecule has 1 heterocycles. The lowest BCUT2D eigenvalue weighted by Gasteiger charge is -2.19.